The van der Waals surface area contributed by atoms with Crippen LogP contribution in [-0.2, 0) is 0 Å². The first-order valence-corrected chi connectivity index (χ1v) is 10.2. The molecule has 140 valence electrons. The highest BCUT2D eigenvalue weighted by atomic mass is 32.1. The van der Waals surface area contributed by atoms with Crippen molar-refractivity contribution >= 4 is 12.6 Å². The van der Waals surface area contributed by atoms with Crippen molar-refractivity contribution in [3.05, 3.63) is 12.2 Å². The number of thiol groups is 1. The lowest BCUT2D eigenvalue weighted by Crippen LogP contribution is -2.49. The van der Waals surface area contributed by atoms with Crippen LogP contribution < -0.4 is 5.73 Å². The summed E-state index contributed by atoms with van der Waals surface area (Å²) in [6.45, 7) is 9.69. The Labute approximate surface area is 153 Å². The van der Waals surface area contributed by atoms with Gasteiger partial charge < -0.3 is 15.9 Å². The molecule has 0 radical (unpaired) electrons. The Bertz CT molecular complexity index is 430. The molecule has 0 aromatic carbocycles. The molecule has 2 aliphatic carbocycles. The molecule has 2 rings (SSSR count). The van der Waals surface area contributed by atoms with Crippen LogP contribution in [0, 0.1) is 29.1 Å². The Balaban J connectivity index is 2.32. The molecule has 0 saturated heterocycles. The van der Waals surface area contributed by atoms with Crippen LogP contribution in [0.15, 0.2) is 12.2 Å². The van der Waals surface area contributed by atoms with E-state index in [0.717, 1.165) is 38.5 Å². The summed E-state index contributed by atoms with van der Waals surface area (Å²) in [4.78, 5) is 0. The number of rotatable bonds is 3. The molecule has 4 heteroatoms. The van der Waals surface area contributed by atoms with Crippen molar-refractivity contribution in [3.8, 4) is 0 Å². The van der Waals surface area contributed by atoms with E-state index in [4.69, 9.17) is 18.4 Å². The third-order valence-electron chi connectivity index (χ3n) is 7.22. The minimum atomic E-state index is -0.270. The molecule has 0 heterocycles. The first-order valence-electron chi connectivity index (χ1n) is 9.68. The second-order valence-electron chi connectivity index (χ2n) is 8.56. The smallest absolute Gasteiger partial charge is 0.0544 e. The highest BCUT2D eigenvalue weighted by molar-refractivity contribution is 7.81. The lowest BCUT2D eigenvalue weighted by molar-refractivity contribution is -0.0605. The fourth-order valence-corrected chi connectivity index (χ4v) is 5.68. The van der Waals surface area contributed by atoms with E-state index in [1.165, 1.54) is 5.57 Å². The highest BCUT2D eigenvalue weighted by Crippen LogP contribution is 2.52. The van der Waals surface area contributed by atoms with Gasteiger partial charge in [-0.25, -0.2) is 0 Å². The van der Waals surface area contributed by atoms with Crippen LogP contribution in [-0.4, -0.2) is 34.7 Å². The minimum absolute atomic E-state index is 0.0321. The van der Waals surface area contributed by atoms with Gasteiger partial charge in [0.1, 0.15) is 0 Å². The predicted molar refractivity (Wildman–Crippen MR) is 104 cm³/mol. The molecule has 0 aliphatic heterocycles. The maximum Gasteiger partial charge on any atom is 0.0544 e. The Kier molecular flexibility index (Phi) is 7.24. The number of allylic oxidation sites excluding steroid dienone is 1. The van der Waals surface area contributed by atoms with Crippen molar-refractivity contribution in [1.82, 2.24) is 0 Å². The van der Waals surface area contributed by atoms with Crippen LogP contribution in [0.25, 0.3) is 0 Å². The molecule has 24 heavy (non-hydrogen) atoms. The number of hydrogen-bond acceptors (Lipinski definition) is 4. The molecule has 6 unspecified atom stereocenters. The topological polar surface area (TPSA) is 66.5 Å². The van der Waals surface area contributed by atoms with Crippen LogP contribution in [0.2, 0.25) is 0 Å². The van der Waals surface area contributed by atoms with Gasteiger partial charge in [0.25, 0.3) is 0 Å². The zero-order valence-corrected chi connectivity index (χ0v) is 16.3. The summed E-state index contributed by atoms with van der Waals surface area (Å²) in [5.41, 5.74) is 7.59. The monoisotopic (exact) mass is 355 g/mol. The fraction of sp³-hybridized carbons (Fsp3) is 0.900. The van der Waals surface area contributed by atoms with Gasteiger partial charge in [0.15, 0.2) is 0 Å². The lowest BCUT2D eigenvalue weighted by Gasteiger charge is -2.51. The first-order chi connectivity index (χ1) is 11.3. The molecule has 2 aliphatic rings. The summed E-state index contributed by atoms with van der Waals surface area (Å²) < 4.78 is 0. The maximum atomic E-state index is 10.1. The molecule has 3 nitrogen and oxygen atoms in total. The SMILES string of the molecule is C=C1CCC(S)[C@H](CN)C(C2(C)CCC(O)CC2CO)CCC1C. The van der Waals surface area contributed by atoms with Crippen molar-refractivity contribution < 1.29 is 10.2 Å². The fourth-order valence-electron chi connectivity index (χ4n) is 5.22. The van der Waals surface area contributed by atoms with Gasteiger partial charge in [-0.1, -0.05) is 26.0 Å². The highest BCUT2D eigenvalue weighted by Gasteiger charge is 2.48. The second kappa shape index (κ2) is 8.57. The number of aliphatic hydroxyl groups is 2. The summed E-state index contributed by atoms with van der Waals surface area (Å²) in [7, 11) is 0. The van der Waals surface area contributed by atoms with Gasteiger partial charge in [0.05, 0.1) is 6.10 Å². The van der Waals surface area contributed by atoms with E-state index in [-0.39, 0.29) is 29.3 Å². The van der Waals surface area contributed by atoms with Gasteiger partial charge in [-0.05, 0) is 80.6 Å². The van der Waals surface area contributed by atoms with Gasteiger partial charge in [0.2, 0.25) is 0 Å². The van der Waals surface area contributed by atoms with Crippen molar-refractivity contribution in [2.45, 2.75) is 70.1 Å². The van der Waals surface area contributed by atoms with E-state index >= 15 is 0 Å². The summed E-state index contributed by atoms with van der Waals surface area (Å²) >= 11 is 4.93. The van der Waals surface area contributed by atoms with E-state index in [2.05, 4.69) is 20.4 Å². The van der Waals surface area contributed by atoms with Crippen molar-refractivity contribution in [1.29, 1.82) is 0 Å². The van der Waals surface area contributed by atoms with Crippen molar-refractivity contribution in [2.75, 3.05) is 13.2 Å². The predicted octanol–water partition coefficient (Wildman–Crippen LogP) is 3.40. The van der Waals surface area contributed by atoms with Crippen LogP contribution in [0.4, 0.5) is 0 Å². The summed E-state index contributed by atoms with van der Waals surface area (Å²) in [5, 5.41) is 20.4. The van der Waals surface area contributed by atoms with Crippen LogP contribution in [0.1, 0.15) is 58.8 Å². The van der Waals surface area contributed by atoms with Gasteiger partial charge in [0, 0.05) is 11.9 Å². The largest absolute Gasteiger partial charge is 0.396 e. The third-order valence-corrected chi connectivity index (χ3v) is 7.87. The summed E-state index contributed by atoms with van der Waals surface area (Å²) in [6, 6.07) is 0. The molecule has 0 spiro atoms. The zero-order chi connectivity index (χ0) is 17.9. The van der Waals surface area contributed by atoms with Gasteiger partial charge in [-0.15, -0.1) is 0 Å². The zero-order valence-electron chi connectivity index (χ0n) is 15.5. The normalized spacial score (nSPS) is 45.3. The van der Waals surface area contributed by atoms with Crippen molar-refractivity contribution in [2.24, 2.45) is 34.8 Å². The quantitative estimate of drug-likeness (QED) is 0.463. The van der Waals surface area contributed by atoms with E-state index in [9.17, 15) is 10.2 Å². The average Bonchev–Trinajstić information content (AvgIpc) is 2.61. The third kappa shape index (κ3) is 4.20. The Hall–Kier alpha value is -0.0300. The minimum Gasteiger partial charge on any atom is -0.396 e. The van der Waals surface area contributed by atoms with E-state index in [1.54, 1.807) is 0 Å². The lowest BCUT2D eigenvalue weighted by atomic mass is 9.56. The Morgan fingerprint density at radius 2 is 2.00 bits per heavy atom. The Morgan fingerprint density at radius 3 is 2.62 bits per heavy atom. The van der Waals surface area contributed by atoms with Gasteiger partial charge in [-0.2, -0.15) is 12.6 Å². The second-order valence-corrected chi connectivity index (χ2v) is 9.23. The molecule has 2 fully saturated rings. The molecule has 4 N–H and O–H groups in total. The average molecular weight is 356 g/mol. The van der Waals surface area contributed by atoms with Crippen molar-refractivity contribution in [3.63, 3.8) is 0 Å². The van der Waals surface area contributed by atoms with E-state index in [0.29, 0.717) is 30.7 Å². The molecule has 0 aromatic heterocycles. The van der Waals surface area contributed by atoms with Gasteiger partial charge in [-0.3, -0.25) is 0 Å². The van der Waals surface area contributed by atoms with E-state index < -0.39 is 0 Å². The molecule has 7 atom stereocenters. The molecular weight excluding hydrogens is 318 g/mol. The Morgan fingerprint density at radius 1 is 1.29 bits per heavy atom. The number of aliphatic hydroxyl groups excluding tert-OH is 2. The summed E-state index contributed by atoms with van der Waals surface area (Å²) in [6.07, 6.45) is 6.56. The van der Waals surface area contributed by atoms with Crippen LogP contribution in [0.5, 0.6) is 0 Å². The molecule has 0 amide bonds. The summed E-state index contributed by atoms with van der Waals surface area (Å²) in [5.74, 6) is 1.50. The maximum absolute atomic E-state index is 10.1. The number of nitrogens with two attached hydrogens (primary N) is 1. The van der Waals surface area contributed by atoms with Crippen LogP contribution >= 0.6 is 12.6 Å². The molecule has 0 aromatic rings. The van der Waals surface area contributed by atoms with Gasteiger partial charge >= 0.3 is 0 Å². The number of hydrogen-bond donors (Lipinski definition) is 4. The molecular formula is C20H37NO2S. The molecule has 2 saturated carbocycles. The standard InChI is InChI=1S/C20H37NO2S/c1-13-4-6-18(17(11-21)19(24)7-5-14(13)2)20(3)9-8-16(23)10-15(20)12-22/h13,15-19,22-24H,2,4-12,21H2,1,3H3/t13?,15?,16?,17-,18?,19?,20?/m1/s1. The molecule has 0 bridgehead atoms. The first kappa shape index (κ1) is 20.3. The van der Waals surface area contributed by atoms with Crippen LogP contribution in [0.3, 0.4) is 0 Å². The van der Waals surface area contributed by atoms with E-state index in [1.807, 2.05) is 0 Å².